The van der Waals surface area contributed by atoms with Crippen molar-refractivity contribution in [1.82, 2.24) is 0 Å². The van der Waals surface area contributed by atoms with Gasteiger partial charge in [0, 0.05) is 4.90 Å². The van der Waals surface area contributed by atoms with Gasteiger partial charge in [-0.3, -0.25) is 4.21 Å². The molecule has 0 aliphatic rings. The zero-order valence-electron chi connectivity index (χ0n) is 7.08. The molecule has 0 spiro atoms. The fraction of sp³-hybridized carbons (Fsp3) is 0.333. The van der Waals surface area contributed by atoms with Crippen LogP contribution in [0.2, 0.25) is 0 Å². The van der Waals surface area contributed by atoms with E-state index in [4.69, 9.17) is 0 Å². The van der Waals surface area contributed by atoms with E-state index in [2.05, 4.69) is 0 Å². The first-order valence-electron chi connectivity index (χ1n) is 3.67. The average molecular weight is 186 g/mol. The summed E-state index contributed by atoms with van der Waals surface area (Å²) in [6.45, 7) is 2.63. The molecule has 0 radical (unpaired) electrons. The third kappa shape index (κ3) is 2.14. The Kier molecular flexibility index (Phi) is 2.62. The van der Waals surface area contributed by atoms with Crippen LogP contribution >= 0.6 is 0 Å². The Hall–Kier alpha value is -0.700. The molecule has 0 amide bonds. The zero-order chi connectivity index (χ0) is 9.19. The lowest BCUT2D eigenvalue weighted by atomic mass is 10.4. The molecule has 0 aliphatic carbocycles. The van der Waals surface area contributed by atoms with Crippen LogP contribution in [0.1, 0.15) is 13.8 Å². The first-order chi connectivity index (χ1) is 5.52. The maximum absolute atomic E-state index is 13.2. The van der Waals surface area contributed by atoms with Gasteiger partial charge in [0.25, 0.3) is 0 Å². The Bertz CT molecular complexity index is 276. The summed E-state index contributed by atoms with van der Waals surface area (Å²) >= 11 is 0. The molecule has 0 heterocycles. The van der Waals surface area contributed by atoms with Gasteiger partial charge in [0.1, 0.15) is 0 Å². The molecule has 0 N–H and O–H groups in total. The molecule has 0 saturated carbocycles. The molecule has 0 saturated heterocycles. The maximum atomic E-state index is 13.2. The second-order valence-electron chi connectivity index (χ2n) is 2.95. The van der Waals surface area contributed by atoms with E-state index < -0.39 is 15.8 Å². The fourth-order valence-electron chi connectivity index (χ4n) is 0.824. The second kappa shape index (κ2) is 3.35. The molecule has 1 aromatic rings. The van der Waals surface area contributed by atoms with E-state index in [0.29, 0.717) is 4.90 Å². The smallest absolute Gasteiger partial charge is 0.183 e. The molecule has 12 heavy (non-hydrogen) atoms. The lowest BCUT2D eigenvalue weighted by Gasteiger charge is -2.12. The number of alkyl halides is 1. The van der Waals surface area contributed by atoms with Crippen LogP contribution in [-0.4, -0.2) is 9.21 Å². The highest BCUT2D eigenvalue weighted by Gasteiger charge is 2.25. The minimum Gasteiger partial charge on any atom is -0.251 e. The van der Waals surface area contributed by atoms with Crippen LogP contribution < -0.4 is 0 Å². The van der Waals surface area contributed by atoms with Crippen LogP contribution in [0.3, 0.4) is 0 Å². The SMILES string of the molecule is CC(C)(F)S(=O)c1ccccc1. The van der Waals surface area contributed by atoms with E-state index in [1.54, 1.807) is 24.3 Å². The van der Waals surface area contributed by atoms with Crippen molar-refractivity contribution in [1.29, 1.82) is 0 Å². The zero-order valence-corrected chi connectivity index (χ0v) is 7.90. The molecule has 0 fully saturated rings. The van der Waals surface area contributed by atoms with E-state index in [9.17, 15) is 8.60 Å². The number of rotatable bonds is 2. The van der Waals surface area contributed by atoms with Gasteiger partial charge in [-0.15, -0.1) is 0 Å². The van der Waals surface area contributed by atoms with E-state index in [1.807, 2.05) is 6.07 Å². The van der Waals surface area contributed by atoms with Gasteiger partial charge in [-0.25, -0.2) is 4.39 Å². The summed E-state index contributed by atoms with van der Waals surface area (Å²) in [4.78, 5) is 0.532. The molecule has 0 aliphatic heterocycles. The van der Waals surface area contributed by atoms with Crippen LogP contribution in [0.5, 0.6) is 0 Å². The number of hydrogen-bond acceptors (Lipinski definition) is 1. The van der Waals surface area contributed by atoms with Crippen molar-refractivity contribution in [3.05, 3.63) is 30.3 Å². The van der Waals surface area contributed by atoms with Crippen LogP contribution in [0.4, 0.5) is 4.39 Å². The predicted molar refractivity (Wildman–Crippen MR) is 48.0 cm³/mol. The topological polar surface area (TPSA) is 17.1 Å². The normalized spacial score (nSPS) is 14.2. The third-order valence-corrected chi connectivity index (χ3v) is 2.98. The first-order valence-corrected chi connectivity index (χ1v) is 4.82. The first kappa shape index (κ1) is 9.39. The summed E-state index contributed by atoms with van der Waals surface area (Å²) in [6, 6.07) is 8.64. The molecular formula is C9H11FOS. The van der Waals surface area contributed by atoms with Crippen molar-refractivity contribution in [2.45, 2.75) is 23.7 Å². The lowest BCUT2D eigenvalue weighted by Crippen LogP contribution is -2.19. The Morgan fingerprint density at radius 1 is 1.25 bits per heavy atom. The van der Waals surface area contributed by atoms with Crippen molar-refractivity contribution in [2.24, 2.45) is 0 Å². The summed E-state index contributed by atoms with van der Waals surface area (Å²) in [5, 5.41) is -1.67. The minimum atomic E-state index is -1.67. The molecule has 1 atom stereocenters. The monoisotopic (exact) mass is 186 g/mol. The summed E-state index contributed by atoms with van der Waals surface area (Å²) in [5.41, 5.74) is 0. The Morgan fingerprint density at radius 2 is 1.75 bits per heavy atom. The fourth-order valence-corrected chi connectivity index (χ4v) is 1.79. The van der Waals surface area contributed by atoms with Crippen molar-refractivity contribution in [3.63, 3.8) is 0 Å². The molecule has 1 nitrogen and oxygen atoms in total. The minimum absolute atomic E-state index is 0.532. The molecular weight excluding hydrogens is 175 g/mol. The highest BCUT2D eigenvalue weighted by atomic mass is 32.2. The number of benzene rings is 1. The highest BCUT2D eigenvalue weighted by Crippen LogP contribution is 2.21. The van der Waals surface area contributed by atoms with Gasteiger partial charge < -0.3 is 0 Å². The summed E-state index contributed by atoms with van der Waals surface area (Å²) in [5.74, 6) is 0. The van der Waals surface area contributed by atoms with Gasteiger partial charge in [0.05, 0.1) is 10.8 Å². The van der Waals surface area contributed by atoms with Crippen LogP contribution in [-0.2, 0) is 10.8 Å². The van der Waals surface area contributed by atoms with Crippen LogP contribution in [0, 0.1) is 0 Å². The van der Waals surface area contributed by atoms with Gasteiger partial charge in [-0.1, -0.05) is 18.2 Å². The van der Waals surface area contributed by atoms with Crippen molar-refractivity contribution < 1.29 is 8.60 Å². The molecule has 0 bridgehead atoms. The van der Waals surface area contributed by atoms with E-state index >= 15 is 0 Å². The maximum Gasteiger partial charge on any atom is 0.183 e. The second-order valence-corrected chi connectivity index (χ2v) is 4.92. The molecule has 1 rings (SSSR count). The van der Waals surface area contributed by atoms with E-state index in [0.717, 1.165) is 0 Å². The van der Waals surface area contributed by atoms with Crippen LogP contribution in [0.25, 0.3) is 0 Å². The summed E-state index contributed by atoms with van der Waals surface area (Å²) < 4.78 is 24.6. The van der Waals surface area contributed by atoms with Crippen LogP contribution in [0.15, 0.2) is 35.2 Å². The highest BCUT2D eigenvalue weighted by molar-refractivity contribution is 7.86. The van der Waals surface area contributed by atoms with Gasteiger partial charge >= 0.3 is 0 Å². The van der Waals surface area contributed by atoms with Crippen molar-refractivity contribution in [2.75, 3.05) is 0 Å². The predicted octanol–water partition coefficient (Wildman–Crippen LogP) is 2.50. The molecule has 66 valence electrons. The van der Waals surface area contributed by atoms with Crippen molar-refractivity contribution in [3.8, 4) is 0 Å². The van der Waals surface area contributed by atoms with Crippen molar-refractivity contribution >= 4 is 10.8 Å². The van der Waals surface area contributed by atoms with E-state index in [-0.39, 0.29) is 0 Å². The number of halogens is 1. The van der Waals surface area contributed by atoms with E-state index in [1.165, 1.54) is 13.8 Å². The molecule has 0 aromatic heterocycles. The molecule has 1 aromatic carbocycles. The standard InChI is InChI=1S/C9H11FOS/c1-9(2,10)12(11)8-6-4-3-5-7-8/h3-7H,1-2H3. The Morgan fingerprint density at radius 3 is 2.17 bits per heavy atom. The summed E-state index contributed by atoms with van der Waals surface area (Å²) in [7, 11) is -1.57. The lowest BCUT2D eigenvalue weighted by molar-refractivity contribution is 0.334. The number of hydrogen-bond donors (Lipinski definition) is 0. The van der Waals surface area contributed by atoms with Gasteiger partial charge in [0.15, 0.2) is 5.00 Å². The Balaban J connectivity index is 2.94. The van der Waals surface area contributed by atoms with Gasteiger partial charge in [-0.05, 0) is 26.0 Å². The Labute approximate surface area is 74.1 Å². The average Bonchev–Trinajstić information content (AvgIpc) is 2.03. The third-order valence-electron chi connectivity index (χ3n) is 1.40. The molecule has 1 unspecified atom stereocenters. The largest absolute Gasteiger partial charge is 0.251 e. The van der Waals surface area contributed by atoms with Gasteiger partial charge in [0.2, 0.25) is 0 Å². The van der Waals surface area contributed by atoms with Gasteiger partial charge in [-0.2, -0.15) is 0 Å². The summed E-state index contributed by atoms with van der Waals surface area (Å²) in [6.07, 6.45) is 0. The quantitative estimate of drug-likeness (QED) is 0.693. The molecule has 3 heteroatoms.